The fourth-order valence-electron chi connectivity index (χ4n) is 2.44. The lowest BCUT2D eigenvalue weighted by Gasteiger charge is -2.22. The van der Waals surface area contributed by atoms with Gasteiger partial charge < -0.3 is 19.3 Å². The Hall–Kier alpha value is -1.85. The molecule has 1 N–H and O–H groups in total. The van der Waals surface area contributed by atoms with E-state index < -0.39 is 0 Å². The number of methoxy groups -OCH3 is 1. The smallest absolute Gasteiger partial charge is 0.167 e. The molecule has 5 nitrogen and oxygen atoms in total. The molecule has 2 heterocycles. The predicted molar refractivity (Wildman–Crippen MR) is 79.2 cm³/mol. The van der Waals surface area contributed by atoms with Crippen LogP contribution in [0.15, 0.2) is 34.9 Å². The number of ether oxygens (including phenoxy) is 2. The van der Waals surface area contributed by atoms with Gasteiger partial charge in [0, 0.05) is 30.8 Å². The standard InChI is InChI=1S/C16H20N2O3/c1-19-15-6-4-12(5-7-15)16-9-14(18-21-16)10-17-13-3-2-8-20-11-13/h4-7,9,13,17H,2-3,8,10-11H2,1H3. The zero-order valence-electron chi connectivity index (χ0n) is 12.2. The summed E-state index contributed by atoms with van der Waals surface area (Å²) < 4.78 is 16.0. The van der Waals surface area contributed by atoms with E-state index in [0.29, 0.717) is 12.6 Å². The van der Waals surface area contributed by atoms with E-state index in [2.05, 4.69) is 10.5 Å². The summed E-state index contributed by atoms with van der Waals surface area (Å²) in [6.45, 7) is 2.36. The van der Waals surface area contributed by atoms with Crippen LogP contribution in [0.2, 0.25) is 0 Å². The van der Waals surface area contributed by atoms with Gasteiger partial charge in [0.05, 0.1) is 19.4 Å². The van der Waals surface area contributed by atoms with Crippen molar-refractivity contribution in [1.82, 2.24) is 10.5 Å². The number of rotatable bonds is 5. The Balaban J connectivity index is 1.59. The minimum absolute atomic E-state index is 0.417. The van der Waals surface area contributed by atoms with Crippen LogP contribution in [0.4, 0.5) is 0 Å². The number of nitrogens with zero attached hydrogens (tertiary/aromatic N) is 1. The van der Waals surface area contributed by atoms with Crippen molar-refractivity contribution in [1.29, 1.82) is 0 Å². The molecule has 0 spiro atoms. The van der Waals surface area contributed by atoms with Crippen LogP contribution in [0.3, 0.4) is 0 Å². The largest absolute Gasteiger partial charge is 0.497 e. The highest BCUT2D eigenvalue weighted by atomic mass is 16.5. The van der Waals surface area contributed by atoms with Crippen molar-refractivity contribution < 1.29 is 14.0 Å². The summed E-state index contributed by atoms with van der Waals surface area (Å²) in [6.07, 6.45) is 2.27. The average molecular weight is 288 g/mol. The molecule has 112 valence electrons. The van der Waals surface area contributed by atoms with Crippen molar-refractivity contribution in [3.8, 4) is 17.1 Å². The first-order valence-corrected chi connectivity index (χ1v) is 7.26. The Labute approximate surface area is 124 Å². The summed E-state index contributed by atoms with van der Waals surface area (Å²) in [7, 11) is 1.65. The van der Waals surface area contributed by atoms with E-state index in [1.54, 1.807) is 7.11 Å². The van der Waals surface area contributed by atoms with Crippen LogP contribution in [0.5, 0.6) is 5.75 Å². The normalized spacial score (nSPS) is 18.6. The van der Waals surface area contributed by atoms with Crippen molar-refractivity contribution >= 4 is 0 Å². The van der Waals surface area contributed by atoms with Crippen molar-refractivity contribution in [2.45, 2.75) is 25.4 Å². The van der Waals surface area contributed by atoms with Gasteiger partial charge in [0.15, 0.2) is 5.76 Å². The van der Waals surface area contributed by atoms with Crippen LogP contribution in [-0.2, 0) is 11.3 Å². The van der Waals surface area contributed by atoms with Gasteiger partial charge in [-0.1, -0.05) is 5.16 Å². The van der Waals surface area contributed by atoms with Crippen LogP contribution in [0.1, 0.15) is 18.5 Å². The van der Waals surface area contributed by atoms with Gasteiger partial charge in [-0.15, -0.1) is 0 Å². The molecule has 1 aliphatic rings. The summed E-state index contributed by atoms with van der Waals surface area (Å²) in [5, 5.41) is 7.56. The molecule has 1 aromatic heterocycles. The Morgan fingerprint density at radius 2 is 2.19 bits per heavy atom. The van der Waals surface area contributed by atoms with E-state index in [-0.39, 0.29) is 0 Å². The molecule has 21 heavy (non-hydrogen) atoms. The van der Waals surface area contributed by atoms with Crippen LogP contribution in [-0.4, -0.2) is 31.5 Å². The molecule has 0 amide bonds. The maximum absolute atomic E-state index is 5.45. The molecule has 0 radical (unpaired) electrons. The predicted octanol–water partition coefficient (Wildman–Crippen LogP) is 2.62. The van der Waals surface area contributed by atoms with Gasteiger partial charge >= 0.3 is 0 Å². The maximum Gasteiger partial charge on any atom is 0.167 e. The van der Waals surface area contributed by atoms with Crippen molar-refractivity contribution in [2.24, 2.45) is 0 Å². The molecule has 0 aliphatic carbocycles. The molecule has 5 heteroatoms. The zero-order chi connectivity index (χ0) is 14.5. The van der Waals surface area contributed by atoms with Crippen LogP contribution in [0, 0.1) is 0 Å². The first kappa shape index (κ1) is 14.1. The Bertz CT molecular complexity index is 559. The van der Waals surface area contributed by atoms with Crippen LogP contribution >= 0.6 is 0 Å². The number of benzene rings is 1. The van der Waals surface area contributed by atoms with E-state index in [0.717, 1.165) is 48.8 Å². The minimum atomic E-state index is 0.417. The maximum atomic E-state index is 5.45. The summed E-state index contributed by atoms with van der Waals surface area (Å²) in [4.78, 5) is 0. The molecule has 1 unspecified atom stereocenters. The first-order valence-electron chi connectivity index (χ1n) is 7.26. The van der Waals surface area contributed by atoms with E-state index in [4.69, 9.17) is 14.0 Å². The molecular formula is C16H20N2O3. The topological polar surface area (TPSA) is 56.5 Å². The highest BCUT2D eigenvalue weighted by Gasteiger charge is 2.14. The molecular weight excluding hydrogens is 268 g/mol. The summed E-state index contributed by atoms with van der Waals surface area (Å²) >= 11 is 0. The SMILES string of the molecule is COc1ccc(-c2cc(CNC3CCCOC3)no2)cc1. The third-order valence-corrected chi connectivity index (χ3v) is 3.67. The second kappa shape index (κ2) is 6.74. The second-order valence-corrected chi connectivity index (χ2v) is 5.21. The average Bonchev–Trinajstić information content (AvgIpc) is 3.03. The molecule has 1 aromatic carbocycles. The summed E-state index contributed by atoms with van der Waals surface area (Å²) in [5.41, 5.74) is 1.90. The molecule has 1 aliphatic heterocycles. The zero-order valence-corrected chi connectivity index (χ0v) is 12.2. The second-order valence-electron chi connectivity index (χ2n) is 5.21. The molecule has 3 rings (SSSR count). The molecule has 0 bridgehead atoms. The molecule has 1 fully saturated rings. The van der Waals surface area contributed by atoms with Gasteiger partial charge in [-0.2, -0.15) is 0 Å². The van der Waals surface area contributed by atoms with Gasteiger partial charge in [0.25, 0.3) is 0 Å². The van der Waals surface area contributed by atoms with Gasteiger partial charge in [-0.25, -0.2) is 0 Å². The fraction of sp³-hybridized carbons (Fsp3) is 0.438. The summed E-state index contributed by atoms with van der Waals surface area (Å²) in [5.74, 6) is 1.60. The number of nitrogens with one attached hydrogen (secondary N) is 1. The quantitative estimate of drug-likeness (QED) is 0.916. The monoisotopic (exact) mass is 288 g/mol. The van der Waals surface area contributed by atoms with Crippen molar-refractivity contribution in [3.63, 3.8) is 0 Å². The lowest BCUT2D eigenvalue weighted by Crippen LogP contribution is -2.36. The molecule has 2 aromatic rings. The van der Waals surface area contributed by atoms with Crippen LogP contribution < -0.4 is 10.1 Å². The van der Waals surface area contributed by atoms with E-state index in [1.807, 2.05) is 30.3 Å². The summed E-state index contributed by atoms with van der Waals surface area (Å²) in [6, 6.07) is 10.1. The van der Waals surface area contributed by atoms with Gasteiger partial charge in [-0.05, 0) is 37.1 Å². The fourth-order valence-corrected chi connectivity index (χ4v) is 2.44. The lowest BCUT2D eigenvalue weighted by molar-refractivity contribution is 0.0697. The van der Waals surface area contributed by atoms with E-state index in [9.17, 15) is 0 Å². The van der Waals surface area contributed by atoms with Gasteiger partial charge in [-0.3, -0.25) is 0 Å². The number of aromatic nitrogens is 1. The highest BCUT2D eigenvalue weighted by molar-refractivity contribution is 5.58. The highest BCUT2D eigenvalue weighted by Crippen LogP contribution is 2.23. The number of hydrogen-bond acceptors (Lipinski definition) is 5. The first-order chi connectivity index (χ1) is 10.3. The Kier molecular flexibility index (Phi) is 4.52. The lowest BCUT2D eigenvalue weighted by atomic mass is 10.1. The molecule has 1 atom stereocenters. The van der Waals surface area contributed by atoms with Crippen LogP contribution in [0.25, 0.3) is 11.3 Å². The molecule has 0 saturated carbocycles. The van der Waals surface area contributed by atoms with Crippen molar-refractivity contribution in [3.05, 3.63) is 36.0 Å². The third kappa shape index (κ3) is 3.62. The van der Waals surface area contributed by atoms with Crippen molar-refractivity contribution in [2.75, 3.05) is 20.3 Å². The number of hydrogen-bond donors (Lipinski definition) is 1. The van der Waals surface area contributed by atoms with E-state index >= 15 is 0 Å². The Morgan fingerprint density at radius 1 is 1.33 bits per heavy atom. The van der Waals surface area contributed by atoms with Gasteiger partial charge in [0.2, 0.25) is 0 Å². The molecule has 1 saturated heterocycles. The third-order valence-electron chi connectivity index (χ3n) is 3.67. The Morgan fingerprint density at radius 3 is 2.90 bits per heavy atom. The van der Waals surface area contributed by atoms with Gasteiger partial charge in [0.1, 0.15) is 5.75 Å². The minimum Gasteiger partial charge on any atom is -0.497 e. The van der Waals surface area contributed by atoms with E-state index in [1.165, 1.54) is 0 Å².